The van der Waals surface area contributed by atoms with E-state index in [1.807, 2.05) is 39.0 Å². The summed E-state index contributed by atoms with van der Waals surface area (Å²) >= 11 is 0. The number of pyridine rings is 1. The molecule has 0 saturated carbocycles. The fourth-order valence-electron chi connectivity index (χ4n) is 1.69. The lowest BCUT2D eigenvalue weighted by molar-refractivity contribution is 0.457. The van der Waals surface area contributed by atoms with Crippen LogP contribution in [0.4, 0.5) is 0 Å². The normalized spacial score (nSPS) is 9.89. The molecule has 18 heavy (non-hydrogen) atoms. The van der Waals surface area contributed by atoms with Crippen LogP contribution in [0, 0.1) is 32.1 Å². The van der Waals surface area contributed by atoms with E-state index in [2.05, 4.69) is 11.1 Å². The Kier molecular flexibility index (Phi) is 3.29. The second-order valence-electron chi connectivity index (χ2n) is 4.22. The lowest BCUT2D eigenvalue weighted by Crippen LogP contribution is -1.96. The number of aryl methyl sites for hydroxylation is 2. The summed E-state index contributed by atoms with van der Waals surface area (Å²) in [5.74, 6) is 1.11. The smallest absolute Gasteiger partial charge is 0.237 e. The van der Waals surface area contributed by atoms with Gasteiger partial charge in [0, 0.05) is 6.20 Å². The predicted octanol–water partition coefficient (Wildman–Crippen LogP) is 3.67. The van der Waals surface area contributed by atoms with Crippen molar-refractivity contribution >= 4 is 0 Å². The first kappa shape index (κ1) is 12.1. The van der Waals surface area contributed by atoms with Crippen molar-refractivity contribution < 1.29 is 4.74 Å². The number of rotatable bonds is 2. The van der Waals surface area contributed by atoms with Crippen LogP contribution in [-0.4, -0.2) is 4.98 Å². The van der Waals surface area contributed by atoms with E-state index in [1.165, 1.54) is 0 Å². The van der Waals surface area contributed by atoms with Crippen molar-refractivity contribution in [3.8, 4) is 17.7 Å². The maximum Gasteiger partial charge on any atom is 0.237 e. The second-order valence-corrected chi connectivity index (χ2v) is 4.22. The highest BCUT2D eigenvalue weighted by atomic mass is 16.5. The molecule has 0 radical (unpaired) electrons. The third-order valence-electron chi connectivity index (χ3n) is 3.00. The van der Waals surface area contributed by atoms with E-state index in [1.54, 1.807) is 12.3 Å². The van der Waals surface area contributed by atoms with Crippen LogP contribution in [0.2, 0.25) is 0 Å². The Morgan fingerprint density at radius 1 is 1.11 bits per heavy atom. The molecule has 0 unspecified atom stereocenters. The second kappa shape index (κ2) is 4.89. The summed E-state index contributed by atoms with van der Waals surface area (Å²) in [5.41, 5.74) is 3.56. The average Bonchev–Trinajstić information content (AvgIpc) is 2.35. The Labute approximate surface area is 107 Å². The molecule has 3 heteroatoms. The zero-order valence-corrected chi connectivity index (χ0v) is 10.7. The van der Waals surface area contributed by atoms with Gasteiger partial charge in [-0.15, -0.1) is 0 Å². The predicted molar refractivity (Wildman–Crippen MR) is 69.7 cm³/mol. The van der Waals surface area contributed by atoms with Crippen molar-refractivity contribution in [3.63, 3.8) is 0 Å². The number of hydrogen-bond donors (Lipinski definition) is 0. The summed E-state index contributed by atoms with van der Waals surface area (Å²) in [6, 6.07) is 9.77. The Morgan fingerprint density at radius 3 is 2.61 bits per heavy atom. The molecule has 0 aliphatic heterocycles. The summed E-state index contributed by atoms with van der Waals surface area (Å²) < 4.78 is 5.76. The minimum absolute atomic E-state index is 0.367. The molecule has 1 aromatic carbocycles. The van der Waals surface area contributed by atoms with Crippen LogP contribution >= 0.6 is 0 Å². The zero-order chi connectivity index (χ0) is 13.1. The van der Waals surface area contributed by atoms with Crippen LogP contribution in [0.25, 0.3) is 0 Å². The highest BCUT2D eigenvalue weighted by Gasteiger charge is 2.10. The van der Waals surface area contributed by atoms with Crippen molar-refractivity contribution in [1.82, 2.24) is 4.98 Å². The fourth-order valence-corrected chi connectivity index (χ4v) is 1.69. The molecule has 3 nitrogen and oxygen atoms in total. The molecule has 2 rings (SSSR count). The molecule has 0 N–H and O–H groups in total. The highest BCUT2D eigenvalue weighted by Crippen LogP contribution is 2.28. The first-order valence-corrected chi connectivity index (χ1v) is 5.73. The molecule has 90 valence electrons. The largest absolute Gasteiger partial charge is 0.437 e. The van der Waals surface area contributed by atoms with Gasteiger partial charge in [0.2, 0.25) is 5.88 Å². The van der Waals surface area contributed by atoms with Gasteiger partial charge in [-0.1, -0.05) is 12.1 Å². The lowest BCUT2D eigenvalue weighted by Gasteiger charge is -2.11. The quantitative estimate of drug-likeness (QED) is 0.801. The van der Waals surface area contributed by atoms with Gasteiger partial charge in [-0.2, -0.15) is 5.26 Å². The van der Waals surface area contributed by atoms with E-state index in [0.717, 1.165) is 22.4 Å². The zero-order valence-electron chi connectivity index (χ0n) is 10.7. The van der Waals surface area contributed by atoms with Crippen LogP contribution in [0.15, 0.2) is 30.5 Å². The van der Waals surface area contributed by atoms with Gasteiger partial charge < -0.3 is 4.74 Å². The van der Waals surface area contributed by atoms with Crippen molar-refractivity contribution in [2.45, 2.75) is 20.8 Å². The Morgan fingerprint density at radius 2 is 1.89 bits per heavy atom. The summed E-state index contributed by atoms with van der Waals surface area (Å²) in [4.78, 5) is 4.13. The topological polar surface area (TPSA) is 45.9 Å². The van der Waals surface area contributed by atoms with E-state index >= 15 is 0 Å². The van der Waals surface area contributed by atoms with Crippen LogP contribution in [0.1, 0.15) is 22.3 Å². The van der Waals surface area contributed by atoms with Gasteiger partial charge in [0.05, 0.1) is 0 Å². The van der Waals surface area contributed by atoms with E-state index in [-0.39, 0.29) is 0 Å². The molecule has 1 aromatic heterocycles. The maximum absolute atomic E-state index is 9.13. The number of hydrogen-bond acceptors (Lipinski definition) is 3. The molecule has 0 fully saturated rings. The van der Waals surface area contributed by atoms with Crippen LogP contribution < -0.4 is 4.74 Å². The first-order valence-electron chi connectivity index (χ1n) is 5.73. The molecule has 0 saturated heterocycles. The molecule has 0 bridgehead atoms. The molecular weight excluding hydrogens is 224 g/mol. The molecule has 0 spiro atoms. The van der Waals surface area contributed by atoms with Gasteiger partial charge in [0.1, 0.15) is 17.4 Å². The third kappa shape index (κ3) is 2.18. The minimum Gasteiger partial charge on any atom is -0.437 e. The number of ether oxygens (including phenoxy) is 1. The Bertz CT molecular complexity index is 627. The van der Waals surface area contributed by atoms with Crippen molar-refractivity contribution in [2.75, 3.05) is 0 Å². The van der Waals surface area contributed by atoms with Crippen molar-refractivity contribution in [2.24, 2.45) is 0 Å². The Balaban J connectivity index is 2.44. The average molecular weight is 238 g/mol. The molecule has 0 amide bonds. The van der Waals surface area contributed by atoms with Crippen LogP contribution in [0.5, 0.6) is 11.6 Å². The maximum atomic E-state index is 9.13. The molecular formula is C15H14N2O. The molecule has 0 atom stereocenters. The van der Waals surface area contributed by atoms with Gasteiger partial charge in [0.15, 0.2) is 0 Å². The van der Waals surface area contributed by atoms with Gasteiger partial charge in [-0.25, -0.2) is 4.98 Å². The van der Waals surface area contributed by atoms with Gasteiger partial charge in [-0.05, 0) is 49.6 Å². The summed E-state index contributed by atoms with van der Waals surface area (Å²) in [6.45, 7) is 5.89. The molecule has 0 aliphatic rings. The third-order valence-corrected chi connectivity index (χ3v) is 3.00. The van der Waals surface area contributed by atoms with E-state index < -0.39 is 0 Å². The van der Waals surface area contributed by atoms with Gasteiger partial charge in [-0.3, -0.25) is 0 Å². The first-order chi connectivity index (χ1) is 8.63. The number of aromatic nitrogens is 1. The van der Waals surface area contributed by atoms with E-state index in [9.17, 15) is 0 Å². The SMILES string of the molecule is Cc1cccc(Oc2nccc(C)c2C#N)c1C. The van der Waals surface area contributed by atoms with E-state index in [4.69, 9.17) is 10.00 Å². The van der Waals surface area contributed by atoms with E-state index in [0.29, 0.717) is 11.4 Å². The standard InChI is InChI=1S/C15H14N2O/c1-10-5-4-6-14(12(10)3)18-15-13(9-16)11(2)7-8-17-15/h4-8H,1-3H3. The summed E-state index contributed by atoms with van der Waals surface area (Å²) in [5, 5.41) is 9.13. The number of nitrogens with zero attached hydrogens (tertiary/aromatic N) is 2. The van der Waals surface area contributed by atoms with Crippen molar-refractivity contribution in [3.05, 3.63) is 52.7 Å². The molecule has 0 aliphatic carbocycles. The van der Waals surface area contributed by atoms with Gasteiger partial charge >= 0.3 is 0 Å². The lowest BCUT2D eigenvalue weighted by atomic mass is 10.1. The summed E-state index contributed by atoms with van der Waals surface area (Å²) in [7, 11) is 0. The molecule has 1 heterocycles. The Hall–Kier alpha value is -2.34. The summed E-state index contributed by atoms with van der Waals surface area (Å²) in [6.07, 6.45) is 1.65. The highest BCUT2D eigenvalue weighted by molar-refractivity contribution is 5.47. The van der Waals surface area contributed by atoms with Gasteiger partial charge in [0.25, 0.3) is 0 Å². The van der Waals surface area contributed by atoms with Crippen LogP contribution in [-0.2, 0) is 0 Å². The number of nitriles is 1. The minimum atomic E-state index is 0.367. The fraction of sp³-hybridized carbons (Fsp3) is 0.200. The molecule has 2 aromatic rings. The number of benzene rings is 1. The monoisotopic (exact) mass is 238 g/mol. The van der Waals surface area contributed by atoms with Crippen molar-refractivity contribution in [1.29, 1.82) is 5.26 Å². The van der Waals surface area contributed by atoms with Crippen LogP contribution in [0.3, 0.4) is 0 Å².